The lowest BCUT2D eigenvalue weighted by Crippen LogP contribution is -2.28. The molecule has 0 aromatic rings. The van der Waals surface area contributed by atoms with Gasteiger partial charge in [-0.05, 0) is 37.7 Å². The molecule has 2 aliphatic rings. The normalized spacial score (nSPS) is 33.4. The van der Waals surface area contributed by atoms with E-state index in [-0.39, 0.29) is 0 Å². The molecule has 1 heteroatoms. The zero-order valence-corrected chi connectivity index (χ0v) is 8.34. The fourth-order valence-electron chi connectivity index (χ4n) is 2.32. The summed E-state index contributed by atoms with van der Waals surface area (Å²) < 4.78 is 0. The van der Waals surface area contributed by atoms with Crippen molar-refractivity contribution in [3.63, 3.8) is 0 Å². The van der Waals surface area contributed by atoms with Crippen LogP contribution in [0.2, 0.25) is 0 Å². The molecule has 0 aliphatic heterocycles. The molecule has 0 fully saturated rings. The Kier molecular flexibility index (Phi) is 2.29. The van der Waals surface area contributed by atoms with Crippen LogP contribution >= 0.6 is 0 Å². The van der Waals surface area contributed by atoms with Gasteiger partial charge < -0.3 is 5.11 Å². The standard InChI is InChI=1S/C12H18O/c1-2-12(13)8-7-10-5-3-4-6-11(10)9-12/h7-8,13H,2-6,9H2,1H3. The van der Waals surface area contributed by atoms with Gasteiger partial charge in [-0.15, -0.1) is 0 Å². The monoisotopic (exact) mass is 178 g/mol. The zero-order valence-electron chi connectivity index (χ0n) is 8.34. The fourth-order valence-corrected chi connectivity index (χ4v) is 2.32. The van der Waals surface area contributed by atoms with Crippen molar-refractivity contribution >= 4 is 0 Å². The molecule has 0 aromatic carbocycles. The summed E-state index contributed by atoms with van der Waals surface area (Å²) in [5.41, 5.74) is 2.48. The molecule has 72 valence electrons. The van der Waals surface area contributed by atoms with Gasteiger partial charge >= 0.3 is 0 Å². The van der Waals surface area contributed by atoms with E-state index in [4.69, 9.17) is 0 Å². The predicted octanol–water partition coefficient (Wildman–Crippen LogP) is 2.96. The molecule has 2 rings (SSSR count). The molecule has 0 bridgehead atoms. The van der Waals surface area contributed by atoms with Crippen molar-refractivity contribution in [2.75, 3.05) is 0 Å². The molecular formula is C12H18O. The van der Waals surface area contributed by atoms with Crippen molar-refractivity contribution in [2.45, 2.75) is 51.0 Å². The number of allylic oxidation sites excluding steroid dienone is 2. The van der Waals surface area contributed by atoms with Crippen LogP contribution in [0, 0.1) is 0 Å². The van der Waals surface area contributed by atoms with E-state index in [1.54, 1.807) is 0 Å². The second kappa shape index (κ2) is 3.30. The first-order valence-corrected chi connectivity index (χ1v) is 5.36. The molecule has 0 spiro atoms. The first-order chi connectivity index (χ1) is 6.23. The summed E-state index contributed by atoms with van der Waals surface area (Å²) in [5, 5.41) is 10.1. The fraction of sp³-hybridized carbons (Fsp3) is 0.667. The van der Waals surface area contributed by atoms with Crippen LogP contribution in [0.1, 0.15) is 45.4 Å². The molecule has 0 heterocycles. The Labute approximate surface area is 80.2 Å². The van der Waals surface area contributed by atoms with Crippen LogP contribution in [0.15, 0.2) is 23.3 Å². The van der Waals surface area contributed by atoms with Gasteiger partial charge in [0.2, 0.25) is 0 Å². The Morgan fingerprint density at radius 3 is 2.92 bits per heavy atom. The molecule has 1 unspecified atom stereocenters. The maximum atomic E-state index is 10.1. The summed E-state index contributed by atoms with van der Waals surface area (Å²) >= 11 is 0. The Balaban J connectivity index is 2.20. The zero-order chi connectivity index (χ0) is 9.31. The van der Waals surface area contributed by atoms with Crippen LogP contribution in [0.5, 0.6) is 0 Å². The van der Waals surface area contributed by atoms with Crippen LogP contribution in [-0.2, 0) is 0 Å². The van der Waals surface area contributed by atoms with Gasteiger partial charge in [0.25, 0.3) is 0 Å². The van der Waals surface area contributed by atoms with E-state index >= 15 is 0 Å². The summed E-state index contributed by atoms with van der Waals surface area (Å²) in [5.74, 6) is 0. The van der Waals surface area contributed by atoms with Gasteiger partial charge in [0.15, 0.2) is 0 Å². The lowest BCUT2D eigenvalue weighted by Gasteiger charge is -2.31. The average Bonchev–Trinajstić information content (AvgIpc) is 2.18. The average molecular weight is 178 g/mol. The highest BCUT2D eigenvalue weighted by Gasteiger charge is 2.28. The van der Waals surface area contributed by atoms with E-state index in [0.29, 0.717) is 0 Å². The van der Waals surface area contributed by atoms with E-state index in [9.17, 15) is 5.11 Å². The number of rotatable bonds is 1. The highest BCUT2D eigenvalue weighted by atomic mass is 16.3. The van der Waals surface area contributed by atoms with Gasteiger partial charge in [0.1, 0.15) is 0 Å². The van der Waals surface area contributed by atoms with E-state index in [1.807, 2.05) is 6.08 Å². The van der Waals surface area contributed by atoms with E-state index in [2.05, 4.69) is 13.0 Å². The van der Waals surface area contributed by atoms with Gasteiger partial charge in [0, 0.05) is 6.42 Å². The molecule has 0 aromatic heterocycles. The maximum Gasteiger partial charge on any atom is 0.0865 e. The quantitative estimate of drug-likeness (QED) is 0.654. The van der Waals surface area contributed by atoms with Crippen molar-refractivity contribution < 1.29 is 5.11 Å². The molecule has 0 amide bonds. The van der Waals surface area contributed by atoms with E-state index in [0.717, 1.165) is 12.8 Å². The van der Waals surface area contributed by atoms with Gasteiger partial charge in [-0.2, -0.15) is 0 Å². The van der Waals surface area contributed by atoms with Gasteiger partial charge in [-0.1, -0.05) is 24.6 Å². The molecule has 1 atom stereocenters. The smallest absolute Gasteiger partial charge is 0.0865 e. The maximum absolute atomic E-state index is 10.1. The lowest BCUT2D eigenvalue weighted by atomic mass is 9.78. The minimum absolute atomic E-state index is 0.532. The molecule has 1 N–H and O–H groups in total. The van der Waals surface area contributed by atoms with Crippen molar-refractivity contribution in [1.29, 1.82) is 0 Å². The van der Waals surface area contributed by atoms with Crippen LogP contribution in [0.3, 0.4) is 0 Å². The summed E-state index contributed by atoms with van der Waals surface area (Å²) in [6.07, 6.45) is 10.9. The summed E-state index contributed by atoms with van der Waals surface area (Å²) in [6, 6.07) is 0. The summed E-state index contributed by atoms with van der Waals surface area (Å²) in [4.78, 5) is 0. The van der Waals surface area contributed by atoms with Crippen LogP contribution < -0.4 is 0 Å². The lowest BCUT2D eigenvalue weighted by molar-refractivity contribution is 0.0837. The van der Waals surface area contributed by atoms with Gasteiger partial charge in [-0.3, -0.25) is 0 Å². The second-order valence-electron chi connectivity index (χ2n) is 4.30. The number of aliphatic hydroxyl groups is 1. The van der Waals surface area contributed by atoms with Gasteiger partial charge in [-0.25, -0.2) is 0 Å². The minimum atomic E-state index is -0.532. The third kappa shape index (κ3) is 1.71. The summed E-state index contributed by atoms with van der Waals surface area (Å²) in [6.45, 7) is 2.05. The molecule has 2 aliphatic carbocycles. The van der Waals surface area contributed by atoms with Crippen LogP contribution in [0.4, 0.5) is 0 Å². The SMILES string of the molecule is CCC1(O)C=CC2=C(CCCC2)C1. The minimum Gasteiger partial charge on any atom is -0.385 e. The van der Waals surface area contributed by atoms with E-state index < -0.39 is 5.60 Å². The Hall–Kier alpha value is -0.560. The number of hydrogen-bond donors (Lipinski definition) is 1. The molecule has 0 saturated carbocycles. The molecule has 13 heavy (non-hydrogen) atoms. The largest absolute Gasteiger partial charge is 0.385 e. The first kappa shape index (κ1) is 9.01. The van der Waals surface area contributed by atoms with E-state index in [1.165, 1.54) is 36.8 Å². The topological polar surface area (TPSA) is 20.2 Å². The third-order valence-electron chi connectivity index (χ3n) is 3.36. The Morgan fingerprint density at radius 2 is 2.15 bits per heavy atom. The van der Waals surface area contributed by atoms with Crippen molar-refractivity contribution in [3.8, 4) is 0 Å². The predicted molar refractivity (Wildman–Crippen MR) is 54.5 cm³/mol. The molecule has 1 nitrogen and oxygen atoms in total. The highest BCUT2D eigenvalue weighted by Crippen LogP contribution is 2.36. The Morgan fingerprint density at radius 1 is 1.38 bits per heavy atom. The first-order valence-electron chi connectivity index (χ1n) is 5.36. The van der Waals surface area contributed by atoms with Gasteiger partial charge in [0.05, 0.1) is 5.60 Å². The molecule has 0 radical (unpaired) electrons. The molecule has 0 saturated heterocycles. The second-order valence-corrected chi connectivity index (χ2v) is 4.30. The summed E-state index contributed by atoms with van der Waals surface area (Å²) in [7, 11) is 0. The number of hydrogen-bond acceptors (Lipinski definition) is 1. The highest BCUT2D eigenvalue weighted by molar-refractivity contribution is 5.35. The van der Waals surface area contributed by atoms with Crippen molar-refractivity contribution in [1.82, 2.24) is 0 Å². The van der Waals surface area contributed by atoms with Crippen LogP contribution in [-0.4, -0.2) is 10.7 Å². The van der Waals surface area contributed by atoms with Crippen molar-refractivity contribution in [3.05, 3.63) is 23.3 Å². The van der Waals surface area contributed by atoms with Crippen LogP contribution in [0.25, 0.3) is 0 Å². The third-order valence-corrected chi connectivity index (χ3v) is 3.36. The van der Waals surface area contributed by atoms with Crippen molar-refractivity contribution in [2.24, 2.45) is 0 Å². The molecular weight excluding hydrogens is 160 g/mol. The Bertz CT molecular complexity index is 262.